The Bertz CT molecular complexity index is 1290. The highest BCUT2D eigenvalue weighted by Gasteiger charge is 2.38. The van der Waals surface area contributed by atoms with Gasteiger partial charge in [0.25, 0.3) is 5.91 Å². The van der Waals surface area contributed by atoms with Gasteiger partial charge in [-0.1, -0.05) is 36.8 Å². The minimum absolute atomic E-state index is 0.0159. The second-order valence-corrected chi connectivity index (χ2v) is 8.69. The molecule has 0 radical (unpaired) electrons. The van der Waals surface area contributed by atoms with E-state index in [-0.39, 0.29) is 11.0 Å². The molecule has 1 aliphatic rings. The first-order valence-corrected chi connectivity index (χ1v) is 11.6. The van der Waals surface area contributed by atoms with Crippen LogP contribution in [0.3, 0.4) is 0 Å². The number of carbonyl (C=O) groups excluding carboxylic acids is 1. The van der Waals surface area contributed by atoms with Crippen LogP contribution in [-0.4, -0.2) is 29.3 Å². The summed E-state index contributed by atoms with van der Waals surface area (Å²) < 4.78 is 6.90. The first-order chi connectivity index (χ1) is 17.1. The number of methoxy groups -OCH3 is 1. The average Bonchev–Trinajstić information content (AvgIpc) is 3.28. The first kappa shape index (κ1) is 23.8. The molecule has 0 spiro atoms. The van der Waals surface area contributed by atoms with Crippen molar-refractivity contribution in [3.63, 3.8) is 0 Å². The molecule has 1 amide bonds. The average molecular weight is 466 g/mol. The van der Waals surface area contributed by atoms with Crippen LogP contribution in [-0.2, 0) is 16.8 Å². The van der Waals surface area contributed by atoms with Crippen molar-refractivity contribution in [2.45, 2.75) is 37.6 Å². The molecule has 1 aromatic heterocycles. The Morgan fingerprint density at radius 1 is 1.17 bits per heavy atom. The molecule has 1 N–H and O–H groups in total. The Morgan fingerprint density at radius 2 is 1.91 bits per heavy atom. The van der Waals surface area contributed by atoms with Gasteiger partial charge < -0.3 is 10.1 Å². The van der Waals surface area contributed by atoms with E-state index in [4.69, 9.17) is 10.00 Å². The minimum atomic E-state index is -0.403. The van der Waals surface area contributed by atoms with E-state index >= 15 is 0 Å². The van der Waals surface area contributed by atoms with Gasteiger partial charge in [0, 0.05) is 29.3 Å². The lowest BCUT2D eigenvalue weighted by Crippen LogP contribution is -2.45. The molecule has 7 heteroatoms. The fourth-order valence-electron chi connectivity index (χ4n) is 4.41. The van der Waals surface area contributed by atoms with Crippen LogP contribution in [0.2, 0.25) is 0 Å². The summed E-state index contributed by atoms with van der Waals surface area (Å²) in [5.41, 5.74) is 3.25. The van der Waals surface area contributed by atoms with Gasteiger partial charge in [0.05, 0.1) is 31.8 Å². The van der Waals surface area contributed by atoms with Gasteiger partial charge in [-0.2, -0.15) is 15.6 Å². The molecule has 0 aliphatic heterocycles. The number of nitrogens with one attached hydrogen (secondary N) is 1. The van der Waals surface area contributed by atoms with Crippen LogP contribution in [0.1, 0.15) is 36.8 Å². The highest BCUT2D eigenvalue weighted by atomic mass is 16.5. The Balaban J connectivity index is 1.58. The van der Waals surface area contributed by atoms with Crippen molar-refractivity contribution >= 4 is 12.0 Å². The van der Waals surface area contributed by atoms with Crippen LogP contribution in [0.4, 0.5) is 0 Å². The highest BCUT2D eigenvalue weighted by molar-refractivity contribution is 6.02. The van der Waals surface area contributed by atoms with Gasteiger partial charge in [-0.15, -0.1) is 0 Å². The normalized spacial score (nSPS) is 14.3. The zero-order valence-electron chi connectivity index (χ0n) is 19.7. The molecule has 0 saturated heterocycles. The molecule has 0 bridgehead atoms. The largest absolute Gasteiger partial charge is 0.497 e. The standard InChI is InChI=1S/C28H27N5O2/c1-35-25-11-9-21(10-12-25)26-23(19-33(32-26)16-6-15-29)17-22(18-30)27(34)31-20-28(13-5-14-28)24-7-3-2-4-8-24/h2-4,7-12,17,19H,5-6,13-14,16,20H2,1H3,(H,31,34). The van der Waals surface area contributed by atoms with Gasteiger partial charge in [-0.05, 0) is 48.7 Å². The van der Waals surface area contributed by atoms with E-state index < -0.39 is 5.91 Å². The van der Waals surface area contributed by atoms with E-state index in [0.717, 1.165) is 30.6 Å². The molecule has 0 unspecified atom stereocenters. The topological polar surface area (TPSA) is 104 Å². The summed E-state index contributed by atoms with van der Waals surface area (Å²) in [6, 6.07) is 21.8. The predicted molar refractivity (Wildman–Crippen MR) is 133 cm³/mol. The third-order valence-electron chi connectivity index (χ3n) is 6.56. The lowest BCUT2D eigenvalue weighted by molar-refractivity contribution is -0.117. The zero-order valence-corrected chi connectivity index (χ0v) is 19.7. The fourth-order valence-corrected chi connectivity index (χ4v) is 4.41. The van der Waals surface area contributed by atoms with E-state index in [2.05, 4.69) is 34.7 Å². The van der Waals surface area contributed by atoms with Gasteiger partial charge in [0.15, 0.2) is 0 Å². The SMILES string of the molecule is COc1ccc(-c2nn(CCC#N)cc2C=C(C#N)C(=O)NCC2(c3ccccc3)CCC2)cc1. The van der Waals surface area contributed by atoms with E-state index in [1.165, 1.54) is 5.56 Å². The Labute approximate surface area is 205 Å². The predicted octanol–water partition coefficient (Wildman–Crippen LogP) is 4.62. The number of benzene rings is 2. The van der Waals surface area contributed by atoms with Crippen molar-refractivity contribution in [1.29, 1.82) is 10.5 Å². The van der Waals surface area contributed by atoms with Crippen molar-refractivity contribution in [2.24, 2.45) is 0 Å². The molecule has 1 fully saturated rings. The summed E-state index contributed by atoms with van der Waals surface area (Å²) in [6.45, 7) is 0.906. The van der Waals surface area contributed by atoms with E-state index in [1.54, 1.807) is 24.1 Å². The molecule has 1 aliphatic carbocycles. The highest BCUT2D eigenvalue weighted by Crippen LogP contribution is 2.43. The third-order valence-corrected chi connectivity index (χ3v) is 6.56. The summed E-state index contributed by atoms with van der Waals surface area (Å²) in [5, 5.41) is 26.3. The number of rotatable bonds is 9. The number of nitrogens with zero attached hydrogens (tertiary/aromatic N) is 4. The molecule has 3 aromatic rings. The second-order valence-electron chi connectivity index (χ2n) is 8.69. The number of amides is 1. The van der Waals surface area contributed by atoms with Crippen LogP contribution in [0.25, 0.3) is 17.3 Å². The number of aryl methyl sites for hydroxylation is 1. The summed E-state index contributed by atoms with van der Waals surface area (Å²) in [6.07, 6.45) is 6.78. The molecular weight excluding hydrogens is 438 g/mol. The minimum Gasteiger partial charge on any atom is -0.497 e. The van der Waals surface area contributed by atoms with Crippen LogP contribution >= 0.6 is 0 Å². The van der Waals surface area contributed by atoms with Crippen molar-refractivity contribution < 1.29 is 9.53 Å². The van der Waals surface area contributed by atoms with E-state index in [9.17, 15) is 10.1 Å². The molecule has 35 heavy (non-hydrogen) atoms. The van der Waals surface area contributed by atoms with Crippen molar-refractivity contribution in [2.75, 3.05) is 13.7 Å². The maximum absolute atomic E-state index is 13.0. The maximum Gasteiger partial charge on any atom is 0.261 e. The van der Waals surface area contributed by atoms with Crippen molar-refractivity contribution in [3.05, 3.63) is 77.5 Å². The number of hydrogen-bond donors (Lipinski definition) is 1. The number of hydrogen-bond acceptors (Lipinski definition) is 5. The number of aromatic nitrogens is 2. The lowest BCUT2D eigenvalue weighted by Gasteiger charge is -2.42. The van der Waals surface area contributed by atoms with Gasteiger partial charge in [0.2, 0.25) is 0 Å². The fraction of sp³-hybridized carbons (Fsp3) is 0.286. The van der Waals surface area contributed by atoms with Crippen LogP contribution in [0, 0.1) is 22.7 Å². The smallest absolute Gasteiger partial charge is 0.261 e. The summed E-state index contributed by atoms with van der Waals surface area (Å²) >= 11 is 0. The molecule has 1 saturated carbocycles. The quantitative estimate of drug-likeness (QED) is 0.367. The van der Waals surface area contributed by atoms with Gasteiger partial charge >= 0.3 is 0 Å². The molecule has 1 heterocycles. The molecular formula is C28H27N5O2. The Morgan fingerprint density at radius 3 is 2.51 bits per heavy atom. The third kappa shape index (κ3) is 5.26. The second kappa shape index (κ2) is 10.7. The Kier molecular flexibility index (Phi) is 7.28. The molecule has 0 atom stereocenters. The summed E-state index contributed by atoms with van der Waals surface area (Å²) in [4.78, 5) is 13.0. The van der Waals surface area contributed by atoms with Gasteiger partial charge in [-0.25, -0.2) is 0 Å². The van der Waals surface area contributed by atoms with Crippen LogP contribution in [0.15, 0.2) is 66.4 Å². The number of ether oxygens (including phenoxy) is 1. The first-order valence-electron chi connectivity index (χ1n) is 11.6. The van der Waals surface area contributed by atoms with Crippen molar-refractivity contribution in [3.8, 4) is 29.1 Å². The maximum atomic E-state index is 13.0. The lowest BCUT2D eigenvalue weighted by atomic mass is 9.64. The summed E-state index contributed by atoms with van der Waals surface area (Å²) in [7, 11) is 1.60. The molecule has 176 valence electrons. The van der Waals surface area contributed by atoms with E-state index in [0.29, 0.717) is 30.8 Å². The zero-order chi connectivity index (χ0) is 24.7. The number of carbonyl (C=O) groups is 1. The summed E-state index contributed by atoms with van der Waals surface area (Å²) in [5.74, 6) is 0.315. The molecule has 4 rings (SSSR count). The number of nitriles is 2. The van der Waals surface area contributed by atoms with Gasteiger partial charge in [-0.3, -0.25) is 9.48 Å². The van der Waals surface area contributed by atoms with Gasteiger partial charge in [0.1, 0.15) is 17.4 Å². The van der Waals surface area contributed by atoms with Crippen molar-refractivity contribution in [1.82, 2.24) is 15.1 Å². The van der Waals surface area contributed by atoms with Crippen LogP contribution in [0.5, 0.6) is 5.75 Å². The Hall–Kier alpha value is -4.36. The molecule has 2 aromatic carbocycles. The van der Waals surface area contributed by atoms with Crippen LogP contribution < -0.4 is 10.1 Å². The van der Waals surface area contributed by atoms with E-state index in [1.807, 2.05) is 42.5 Å². The molecule has 7 nitrogen and oxygen atoms in total. The monoisotopic (exact) mass is 465 g/mol.